The molecular weight excluding hydrogens is 434 g/mol. The highest BCUT2D eigenvalue weighted by atomic mass is 16.7. The molecule has 1 aliphatic rings. The van der Waals surface area contributed by atoms with Gasteiger partial charge in [-0.15, -0.1) is 0 Å². The number of nitrogens with zero attached hydrogens (tertiary/aromatic N) is 2. The molecule has 0 aliphatic carbocycles. The average Bonchev–Trinajstić information content (AvgIpc) is 3.51. The summed E-state index contributed by atoms with van der Waals surface area (Å²) in [5.41, 5.74) is 3.28. The molecule has 174 valence electrons. The lowest BCUT2D eigenvalue weighted by Crippen LogP contribution is -2.05. The summed E-state index contributed by atoms with van der Waals surface area (Å²) in [5.74, 6) is 2.67. The Bertz CT molecular complexity index is 1300. The van der Waals surface area contributed by atoms with Gasteiger partial charge in [0.2, 0.25) is 12.5 Å². The van der Waals surface area contributed by atoms with Gasteiger partial charge in [-0.2, -0.15) is 0 Å². The van der Waals surface area contributed by atoms with Gasteiger partial charge in [0.15, 0.2) is 11.5 Å². The molecule has 0 spiro atoms. The SMILES string of the molecule is COC(=O)CCCCCNc1ncnc2oc(-c3ccccc3)c(-c3ccc4c(c3)OCO4)c12. The highest BCUT2D eigenvalue weighted by Gasteiger charge is 2.24. The lowest BCUT2D eigenvalue weighted by atomic mass is 9.99. The molecule has 5 rings (SSSR count). The van der Waals surface area contributed by atoms with E-state index < -0.39 is 0 Å². The van der Waals surface area contributed by atoms with E-state index in [1.54, 1.807) is 0 Å². The molecule has 2 aromatic heterocycles. The van der Waals surface area contributed by atoms with E-state index in [9.17, 15) is 4.79 Å². The molecule has 8 heteroatoms. The maximum absolute atomic E-state index is 11.3. The largest absolute Gasteiger partial charge is 0.469 e. The molecule has 0 bridgehead atoms. The number of carbonyl (C=O) groups excluding carboxylic acids is 1. The minimum absolute atomic E-state index is 0.175. The number of esters is 1. The number of unbranched alkanes of at least 4 members (excludes halogenated alkanes) is 2. The van der Waals surface area contributed by atoms with Gasteiger partial charge in [0.25, 0.3) is 0 Å². The number of aromatic nitrogens is 2. The Balaban J connectivity index is 1.49. The molecule has 2 aromatic carbocycles. The van der Waals surface area contributed by atoms with Crippen LogP contribution in [0.5, 0.6) is 11.5 Å². The molecule has 0 saturated carbocycles. The van der Waals surface area contributed by atoms with E-state index in [1.165, 1.54) is 13.4 Å². The normalized spacial score (nSPS) is 12.1. The first-order valence-electron chi connectivity index (χ1n) is 11.3. The number of fused-ring (bicyclic) bond motifs is 2. The standard InChI is InChI=1S/C26H25N3O5/c1-31-21(30)10-6-3-7-13-27-25-23-22(18-11-12-19-20(14-18)33-16-32-19)24(17-8-4-2-5-9-17)34-26(23)29-15-28-25/h2,4-5,8-9,11-12,14-15H,3,6-7,10,13,16H2,1H3,(H,27,28,29). The van der Waals surface area contributed by atoms with Crippen LogP contribution in [0.1, 0.15) is 25.7 Å². The van der Waals surface area contributed by atoms with E-state index in [2.05, 4.69) is 15.3 Å². The van der Waals surface area contributed by atoms with Crippen molar-refractivity contribution in [3.63, 3.8) is 0 Å². The van der Waals surface area contributed by atoms with Gasteiger partial charge in [0.05, 0.1) is 12.5 Å². The third-order valence-electron chi connectivity index (χ3n) is 5.76. The summed E-state index contributed by atoms with van der Waals surface area (Å²) in [6, 6.07) is 15.8. The smallest absolute Gasteiger partial charge is 0.305 e. The summed E-state index contributed by atoms with van der Waals surface area (Å²) >= 11 is 0. The predicted octanol–water partition coefficient (Wildman–Crippen LogP) is 5.43. The van der Waals surface area contributed by atoms with Crippen molar-refractivity contribution in [3.8, 4) is 33.9 Å². The first-order chi connectivity index (χ1) is 16.7. The van der Waals surface area contributed by atoms with Crippen molar-refractivity contribution in [2.45, 2.75) is 25.7 Å². The fraction of sp³-hybridized carbons (Fsp3) is 0.269. The van der Waals surface area contributed by atoms with E-state index in [0.29, 0.717) is 30.2 Å². The molecular formula is C26H25N3O5. The van der Waals surface area contributed by atoms with E-state index in [0.717, 1.165) is 52.8 Å². The molecule has 0 atom stereocenters. The highest BCUT2D eigenvalue weighted by molar-refractivity contribution is 6.06. The van der Waals surface area contributed by atoms with Crippen molar-refractivity contribution >= 4 is 22.9 Å². The number of rotatable bonds is 9. The van der Waals surface area contributed by atoms with Gasteiger partial charge in [0, 0.05) is 24.1 Å². The van der Waals surface area contributed by atoms with E-state index in [-0.39, 0.29) is 12.8 Å². The van der Waals surface area contributed by atoms with Crippen LogP contribution in [0.2, 0.25) is 0 Å². The zero-order chi connectivity index (χ0) is 23.3. The van der Waals surface area contributed by atoms with Gasteiger partial charge in [-0.3, -0.25) is 4.79 Å². The quantitative estimate of drug-likeness (QED) is 0.261. The Hall–Kier alpha value is -4.07. The van der Waals surface area contributed by atoms with Crippen LogP contribution in [-0.4, -0.2) is 36.4 Å². The zero-order valence-corrected chi connectivity index (χ0v) is 18.9. The van der Waals surface area contributed by atoms with Crippen molar-refractivity contribution in [2.75, 3.05) is 25.8 Å². The summed E-state index contributed by atoms with van der Waals surface area (Å²) in [4.78, 5) is 20.2. The molecule has 8 nitrogen and oxygen atoms in total. The number of methoxy groups -OCH3 is 1. The van der Waals surface area contributed by atoms with E-state index in [1.807, 2.05) is 48.5 Å². The Morgan fingerprint density at radius 3 is 2.71 bits per heavy atom. The summed E-state index contributed by atoms with van der Waals surface area (Å²) in [6.45, 7) is 0.919. The molecule has 34 heavy (non-hydrogen) atoms. The van der Waals surface area contributed by atoms with Crippen LogP contribution >= 0.6 is 0 Å². The van der Waals surface area contributed by atoms with Gasteiger partial charge in [-0.05, 0) is 30.5 Å². The zero-order valence-electron chi connectivity index (χ0n) is 18.9. The average molecular weight is 460 g/mol. The molecule has 1 aliphatic heterocycles. The predicted molar refractivity (Wildman–Crippen MR) is 128 cm³/mol. The van der Waals surface area contributed by atoms with Crippen LogP contribution in [0.3, 0.4) is 0 Å². The molecule has 3 heterocycles. The second-order valence-electron chi connectivity index (χ2n) is 7.96. The second-order valence-corrected chi connectivity index (χ2v) is 7.96. The monoisotopic (exact) mass is 459 g/mol. The molecule has 0 saturated heterocycles. The van der Waals surface area contributed by atoms with Crippen molar-refractivity contribution < 1.29 is 23.4 Å². The maximum Gasteiger partial charge on any atom is 0.305 e. The van der Waals surface area contributed by atoms with Crippen molar-refractivity contribution in [2.24, 2.45) is 0 Å². The summed E-state index contributed by atoms with van der Waals surface area (Å²) in [6.07, 6.45) is 4.53. The summed E-state index contributed by atoms with van der Waals surface area (Å²) in [7, 11) is 1.41. The van der Waals surface area contributed by atoms with Crippen molar-refractivity contribution in [1.29, 1.82) is 0 Å². The molecule has 0 amide bonds. The van der Waals surface area contributed by atoms with Crippen molar-refractivity contribution in [3.05, 3.63) is 54.9 Å². The Morgan fingerprint density at radius 1 is 1.00 bits per heavy atom. The molecule has 0 fully saturated rings. The third-order valence-corrected chi connectivity index (χ3v) is 5.76. The Labute approximate surface area is 196 Å². The molecule has 1 N–H and O–H groups in total. The minimum Gasteiger partial charge on any atom is -0.469 e. The van der Waals surface area contributed by atoms with Crippen LogP contribution < -0.4 is 14.8 Å². The van der Waals surface area contributed by atoms with E-state index >= 15 is 0 Å². The lowest BCUT2D eigenvalue weighted by Gasteiger charge is -2.09. The topological polar surface area (TPSA) is 95.7 Å². The van der Waals surface area contributed by atoms with Crippen LogP contribution in [0.25, 0.3) is 33.6 Å². The minimum atomic E-state index is -0.175. The fourth-order valence-electron chi connectivity index (χ4n) is 4.07. The number of furan rings is 1. The molecule has 4 aromatic rings. The van der Waals surface area contributed by atoms with Crippen LogP contribution in [0.4, 0.5) is 5.82 Å². The van der Waals surface area contributed by atoms with Gasteiger partial charge in [0.1, 0.15) is 17.9 Å². The number of hydrogen-bond donors (Lipinski definition) is 1. The number of ether oxygens (including phenoxy) is 3. The number of anilines is 1. The summed E-state index contributed by atoms with van der Waals surface area (Å²) in [5, 5.41) is 4.25. The first kappa shape index (κ1) is 21.8. The third kappa shape index (κ3) is 4.39. The maximum atomic E-state index is 11.3. The van der Waals surface area contributed by atoms with Crippen molar-refractivity contribution in [1.82, 2.24) is 9.97 Å². The van der Waals surface area contributed by atoms with E-state index in [4.69, 9.17) is 18.6 Å². The van der Waals surface area contributed by atoms with Crippen LogP contribution in [0.15, 0.2) is 59.3 Å². The number of carbonyl (C=O) groups is 1. The fourth-order valence-corrected chi connectivity index (χ4v) is 4.07. The molecule has 0 unspecified atom stereocenters. The Kier molecular flexibility index (Phi) is 6.29. The lowest BCUT2D eigenvalue weighted by molar-refractivity contribution is -0.140. The number of nitrogens with one attached hydrogen (secondary N) is 1. The number of hydrogen-bond acceptors (Lipinski definition) is 8. The van der Waals surface area contributed by atoms with Gasteiger partial charge >= 0.3 is 5.97 Å². The highest BCUT2D eigenvalue weighted by Crippen LogP contribution is 2.45. The van der Waals surface area contributed by atoms with Crippen LogP contribution in [0, 0.1) is 0 Å². The first-order valence-corrected chi connectivity index (χ1v) is 11.3. The van der Waals surface area contributed by atoms with Gasteiger partial charge < -0.3 is 23.9 Å². The van der Waals surface area contributed by atoms with Gasteiger partial charge in [-0.1, -0.05) is 42.8 Å². The Morgan fingerprint density at radius 2 is 1.85 bits per heavy atom. The number of benzene rings is 2. The summed E-state index contributed by atoms with van der Waals surface area (Å²) < 4.78 is 22.1. The second kappa shape index (κ2) is 9.82. The molecule has 0 radical (unpaired) electrons. The van der Waals surface area contributed by atoms with Gasteiger partial charge in [-0.25, -0.2) is 9.97 Å². The van der Waals surface area contributed by atoms with Crippen LogP contribution in [-0.2, 0) is 9.53 Å².